The van der Waals surface area contributed by atoms with Crippen molar-refractivity contribution in [2.45, 2.75) is 26.3 Å². The molecule has 3 rings (SSSR count). The maximum absolute atomic E-state index is 12.4. The van der Waals surface area contributed by atoms with Gasteiger partial charge >= 0.3 is 5.69 Å². The first-order valence-corrected chi connectivity index (χ1v) is 9.12. The molecular formula is C20H25N5O2. The van der Waals surface area contributed by atoms with E-state index in [1.165, 1.54) is 4.68 Å². The standard InChI is InChI=1S/C20H25N5O2/c1-3-15(2)25-20(27)24(14-23-25)18-8-4-16(5-9-18)21-12-13-22-17-6-10-19(26)11-7-17/h4-11,14-15,21-22,26H,3,12-13H2,1-2H3. The predicted octanol–water partition coefficient (Wildman–Crippen LogP) is 3.23. The van der Waals surface area contributed by atoms with Gasteiger partial charge in [-0.3, -0.25) is 0 Å². The first-order chi connectivity index (χ1) is 13.1. The van der Waals surface area contributed by atoms with E-state index in [2.05, 4.69) is 15.7 Å². The summed E-state index contributed by atoms with van der Waals surface area (Å²) in [5, 5.41) is 20.1. The predicted molar refractivity (Wildman–Crippen MR) is 108 cm³/mol. The molecule has 0 amide bonds. The van der Waals surface area contributed by atoms with Gasteiger partial charge in [0.05, 0.1) is 11.7 Å². The molecule has 1 atom stereocenters. The molecule has 0 fully saturated rings. The number of rotatable bonds is 8. The molecule has 7 nitrogen and oxygen atoms in total. The normalized spacial score (nSPS) is 11.9. The zero-order chi connectivity index (χ0) is 19.2. The van der Waals surface area contributed by atoms with E-state index >= 15 is 0 Å². The smallest absolute Gasteiger partial charge is 0.350 e. The quantitative estimate of drug-likeness (QED) is 0.420. The fraction of sp³-hybridized carbons (Fsp3) is 0.300. The van der Waals surface area contributed by atoms with E-state index in [-0.39, 0.29) is 17.5 Å². The zero-order valence-electron chi connectivity index (χ0n) is 15.6. The number of aromatic nitrogens is 3. The zero-order valence-corrected chi connectivity index (χ0v) is 15.6. The van der Waals surface area contributed by atoms with E-state index in [1.807, 2.05) is 50.2 Å². The molecule has 1 unspecified atom stereocenters. The third kappa shape index (κ3) is 4.49. The van der Waals surface area contributed by atoms with Gasteiger partial charge in [0, 0.05) is 24.5 Å². The van der Waals surface area contributed by atoms with E-state index in [9.17, 15) is 9.90 Å². The van der Waals surface area contributed by atoms with E-state index in [0.717, 1.165) is 36.6 Å². The number of hydrogen-bond acceptors (Lipinski definition) is 5. The Morgan fingerprint density at radius 2 is 1.56 bits per heavy atom. The Kier molecular flexibility index (Phi) is 5.80. The topological polar surface area (TPSA) is 84.1 Å². The highest BCUT2D eigenvalue weighted by atomic mass is 16.3. The number of anilines is 2. The highest BCUT2D eigenvalue weighted by Crippen LogP contribution is 2.14. The van der Waals surface area contributed by atoms with Crippen LogP contribution in [0.3, 0.4) is 0 Å². The highest BCUT2D eigenvalue weighted by Gasteiger charge is 2.11. The van der Waals surface area contributed by atoms with Crippen molar-refractivity contribution in [1.29, 1.82) is 0 Å². The van der Waals surface area contributed by atoms with Crippen LogP contribution in [0.2, 0.25) is 0 Å². The van der Waals surface area contributed by atoms with Crippen LogP contribution in [0.1, 0.15) is 26.3 Å². The third-order valence-electron chi connectivity index (χ3n) is 4.50. The first-order valence-electron chi connectivity index (χ1n) is 9.12. The molecule has 0 radical (unpaired) electrons. The van der Waals surface area contributed by atoms with Gasteiger partial charge in [0.1, 0.15) is 12.1 Å². The van der Waals surface area contributed by atoms with Gasteiger partial charge in [-0.2, -0.15) is 5.10 Å². The summed E-state index contributed by atoms with van der Waals surface area (Å²) in [5.41, 5.74) is 2.61. The van der Waals surface area contributed by atoms with Crippen molar-refractivity contribution in [1.82, 2.24) is 14.3 Å². The van der Waals surface area contributed by atoms with E-state index in [4.69, 9.17) is 0 Å². The largest absolute Gasteiger partial charge is 0.508 e. The van der Waals surface area contributed by atoms with Crippen LogP contribution in [0.25, 0.3) is 5.69 Å². The molecule has 2 aromatic carbocycles. The van der Waals surface area contributed by atoms with Crippen molar-refractivity contribution in [3.8, 4) is 11.4 Å². The number of phenols is 1. The number of nitrogens with zero attached hydrogens (tertiary/aromatic N) is 3. The van der Waals surface area contributed by atoms with Gasteiger partial charge in [0.2, 0.25) is 0 Å². The molecule has 7 heteroatoms. The minimum atomic E-state index is -0.122. The Balaban J connectivity index is 1.55. The van der Waals surface area contributed by atoms with Crippen molar-refractivity contribution in [3.05, 3.63) is 65.3 Å². The molecule has 0 aliphatic rings. The van der Waals surface area contributed by atoms with Gasteiger partial charge in [0.15, 0.2) is 0 Å². The molecule has 0 saturated heterocycles. The second-order valence-electron chi connectivity index (χ2n) is 6.43. The second kappa shape index (κ2) is 8.44. The molecule has 1 aromatic heterocycles. The molecule has 3 aromatic rings. The second-order valence-corrected chi connectivity index (χ2v) is 6.43. The minimum Gasteiger partial charge on any atom is -0.508 e. The summed E-state index contributed by atoms with van der Waals surface area (Å²) in [6.07, 6.45) is 2.43. The molecule has 0 aliphatic heterocycles. The molecule has 27 heavy (non-hydrogen) atoms. The highest BCUT2D eigenvalue weighted by molar-refractivity contribution is 5.49. The summed E-state index contributed by atoms with van der Waals surface area (Å²) in [7, 11) is 0. The fourth-order valence-corrected chi connectivity index (χ4v) is 2.70. The first kappa shape index (κ1) is 18.6. The van der Waals surface area contributed by atoms with Crippen molar-refractivity contribution >= 4 is 11.4 Å². The molecule has 0 saturated carbocycles. The van der Waals surface area contributed by atoms with E-state index < -0.39 is 0 Å². The Bertz CT molecular complexity index is 913. The lowest BCUT2D eigenvalue weighted by molar-refractivity contribution is 0.460. The number of nitrogens with one attached hydrogen (secondary N) is 2. The van der Waals surface area contributed by atoms with Gasteiger partial charge in [-0.1, -0.05) is 6.92 Å². The lowest BCUT2D eigenvalue weighted by Gasteiger charge is -2.10. The van der Waals surface area contributed by atoms with Crippen molar-refractivity contribution in [2.75, 3.05) is 23.7 Å². The van der Waals surface area contributed by atoms with Crippen LogP contribution < -0.4 is 16.3 Å². The minimum absolute atomic E-state index is 0.0840. The Hall–Kier alpha value is -3.22. The molecular weight excluding hydrogens is 342 g/mol. The fourth-order valence-electron chi connectivity index (χ4n) is 2.70. The van der Waals surface area contributed by atoms with Crippen LogP contribution in [0.15, 0.2) is 59.7 Å². The SMILES string of the molecule is CCC(C)n1ncn(-c2ccc(NCCNc3ccc(O)cc3)cc2)c1=O. The number of hydrogen-bond donors (Lipinski definition) is 3. The van der Waals surface area contributed by atoms with E-state index in [1.54, 1.807) is 23.0 Å². The maximum Gasteiger partial charge on any atom is 0.350 e. The monoisotopic (exact) mass is 367 g/mol. The molecule has 0 spiro atoms. The number of benzene rings is 2. The van der Waals surface area contributed by atoms with Crippen molar-refractivity contribution < 1.29 is 5.11 Å². The summed E-state index contributed by atoms with van der Waals surface area (Å²) >= 11 is 0. The Morgan fingerprint density at radius 1 is 1.00 bits per heavy atom. The molecule has 142 valence electrons. The molecule has 0 aliphatic carbocycles. The summed E-state index contributed by atoms with van der Waals surface area (Å²) in [5.74, 6) is 0.257. The molecule has 3 N–H and O–H groups in total. The van der Waals surface area contributed by atoms with Gasteiger partial charge in [0.25, 0.3) is 0 Å². The summed E-state index contributed by atoms with van der Waals surface area (Å²) < 4.78 is 3.07. The average molecular weight is 367 g/mol. The van der Waals surface area contributed by atoms with Gasteiger partial charge in [-0.05, 0) is 61.9 Å². The summed E-state index contributed by atoms with van der Waals surface area (Å²) in [4.78, 5) is 12.4. The van der Waals surface area contributed by atoms with Crippen LogP contribution in [0.5, 0.6) is 5.75 Å². The Labute approximate surface area is 158 Å². The Morgan fingerprint density at radius 3 is 2.11 bits per heavy atom. The maximum atomic E-state index is 12.4. The van der Waals surface area contributed by atoms with Gasteiger partial charge < -0.3 is 15.7 Å². The van der Waals surface area contributed by atoms with Crippen LogP contribution in [0.4, 0.5) is 11.4 Å². The summed E-state index contributed by atoms with van der Waals surface area (Å²) in [6.45, 7) is 5.50. The van der Waals surface area contributed by atoms with Gasteiger partial charge in [-0.25, -0.2) is 14.0 Å². The van der Waals surface area contributed by atoms with Crippen LogP contribution in [-0.4, -0.2) is 32.5 Å². The van der Waals surface area contributed by atoms with Crippen LogP contribution in [0, 0.1) is 0 Å². The van der Waals surface area contributed by atoms with Crippen LogP contribution in [-0.2, 0) is 0 Å². The van der Waals surface area contributed by atoms with Crippen LogP contribution >= 0.6 is 0 Å². The van der Waals surface area contributed by atoms with Gasteiger partial charge in [-0.15, -0.1) is 0 Å². The van der Waals surface area contributed by atoms with Crippen molar-refractivity contribution in [2.24, 2.45) is 0 Å². The van der Waals surface area contributed by atoms with E-state index in [0.29, 0.717) is 0 Å². The molecule has 1 heterocycles. The average Bonchev–Trinajstić information content (AvgIpc) is 3.08. The lowest BCUT2D eigenvalue weighted by Crippen LogP contribution is -2.26. The third-order valence-corrected chi connectivity index (χ3v) is 4.50. The number of phenolic OH excluding ortho intramolecular Hbond substituents is 1. The molecule has 0 bridgehead atoms. The lowest BCUT2D eigenvalue weighted by atomic mass is 10.2. The number of aromatic hydroxyl groups is 1. The van der Waals surface area contributed by atoms with Crippen molar-refractivity contribution in [3.63, 3.8) is 0 Å². The summed E-state index contributed by atoms with van der Waals surface area (Å²) in [6, 6.07) is 14.8.